The molecule has 0 heterocycles. The van der Waals surface area contributed by atoms with Gasteiger partial charge in [-0.1, -0.05) is 19.3 Å². The monoisotopic (exact) mass is 294 g/mol. The van der Waals surface area contributed by atoms with Gasteiger partial charge in [0.15, 0.2) is 0 Å². The Bertz CT molecular complexity index is 424. The van der Waals surface area contributed by atoms with Crippen LogP contribution in [0.1, 0.15) is 39.0 Å². The lowest BCUT2D eigenvalue weighted by Gasteiger charge is -2.28. The van der Waals surface area contributed by atoms with Gasteiger partial charge >= 0.3 is 5.97 Å². The Hall–Kier alpha value is -1.16. The van der Waals surface area contributed by atoms with Crippen molar-refractivity contribution in [2.24, 2.45) is 5.92 Å². The highest BCUT2D eigenvalue weighted by Gasteiger charge is 2.31. The SMILES string of the molecule is CCOC(=O)[C@H](Sc1ccc(O)cc1)C1CCCCC1. The second-order valence-corrected chi connectivity index (χ2v) is 6.40. The number of thioether (sulfide) groups is 1. The molecule has 0 bridgehead atoms. The van der Waals surface area contributed by atoms with E-state index in [0.717, 1.165) is 17.7 Å². The molecule has 20 heavy (non-hydrogen) atoms. The van der Waals surface area contributed by atoms with Gasteiger partial charge in [0, 0.05) is 4.90 Å². The first-order valence-electron chi connectivity index (χ1n) is 7.33. The van der Waals surface area contributed by atoms with E-state index in [0.29, 0.717) is 12.5 Å². The van der Waals surface area contributed by atoms with Gasteiger partial charge in [-0.05, 0) is 49.9 Å². The van der Waals surface area contributed by atoms with Crippen LogP contribution in [0.2, 0.25) is 0 Å². The number of carbonyl (C=O) groups is 1. The van der Waals surface area contributed by atoms with Crippen molar-refractivity contribution in [3.8, 4) is 5.75 Å². The summed E-state index contributed by atoms with van der Waals surface area (Å²) in [5.41, 5.74) is 0. The lowest BCUT2D eigenvalue weighted by molar-refractivity contribution is -0.143. The van der Waals surface area contributed by atoms with E-state index in [4.69, 9.17) is 4.74 Å². The summed E-state index contributed by atoms with van der Waals surface area (Å²) >= 11 is 1.57. The van der Waals surface area contributed by atoms with Crippen molar-refractivity contribution < 1.29 is 14.6 Å². The molecule has 0 unspecified atom stereocenters. The number of carbonyl (C=O) groups excluding carboxylic acids is 1. The molecule has 1 aliphatic carbocycles. The predicted octanol–water partition coefficient (Wildman–Crippen LogP) is 4.00. The summed E-state index contributed by atoms with van der Waals surface area (Å²) in [6, 6.07) is 7.03. The molecule has 1 N–H and O–H groups in total. The number of hydrogen-bond donors (Lipinski definition) is 1. The number of aromatic hydroxyl groups is 1. The van der Waals surface area contributed by atoms with E-state index in [-0.39, 0.29) is 17.0 Å². The Morgan fingerprint density at radius 1 is 1.30 bits per heavy atom. The molecular formula is C16H22O3S. The molecule has 110 valence electrons. The molecule has 0 aromatic heterocycles. The molecule has 1 saturated carbocycles. The van der Waals surface area contributed by atoms with Crippen molar-refractivity contribution >= 4 is 17.7 Å². The smallest absolute Gasteiger partial charge is 0.319 e. The minimum Gasteiger partial charge on any atom is -0.508 e. The van der Waals surface area contributed by atoms with Gasteiger partial charge in [0.2, 0.25) is 0 Å². The Labute approximate surface area is 124 Å². The maximum absolute atomic E-state index is 12.2. The van der Waals surface area contributed by atoms with E-state index in [2.05, 4.69) is 0 Å². The third kappa shape index (κ3) is 4.17. The molecule has 1 atom stereocenters. The maximum atomic E-state index is 12.2. The summed E-state index contributed by atoms with van der Waals surface area (Å²) in [7, 11) is 0. The third-order valence-corrected chi connectivity index (χ3v) is 5.07. The number of phenols is 1. The minimum atomic E-state index is -0.125. The third-order valence-electron chi connectivity index (χ3n) is 3.70. The molecule has 0 saturated heterocycles. The minimum absolute atomic E-state index is 0.0996. The highest BCUT2D eigenvalue weighted by molar-refractivity contribution is 8.00. The number of benzene rings is 1. The van der Waals surface area contributed by atoms with E-state index in [1.165, 1.54) is 19.3 Å². The topological polar surface area (TPSA) is 46.5 Å². The van der Waals surface area contributed by atoms with Crippen LogP contribution in [-0.2, 0) is 9.53 Å². The van der Waals surface area contributed by atoms with Gasteiger partial charge in [-0.3, -0.25) is 4.79 Å². The molecule has 1 fully saturated rings. The lowest BCUT2D eigenvalue weighted by Crippen LogP contribution is -2.30. The molecule has 0 radical (unpaired) electrons. The summed E-state index contributed by atoms with van der Waals surface area (Å²) in [5, 5.41) is 9.21. The van der Waals surface area contributed by atoms with Crippen LogP contribution in [0.5, 0.6) is 5.75 Å². The number of rotatable bonds is 5. The number of esters is 1. The summed E-state index contributed by atoms with van der Waals surface area (Å²) < 4.78 is 5.24. The molecule has 3 nitrogen and oxygen atoms in total. The molecular weight excluding hydrogens is 272 g/mol. The highest BCUT2D eigenvalue weighted by atomic mass is 32.2. The molecule has 1 aromatic rings. The van der Waals surface area contributed by atoms with Crippen LogP contribution >= 0.6 is 11.8 Å². The Kier molecular flexibility index (Phi) is 5.77. The number of ether oxygens (including phenoxy) is 1. The van der Waals surface area contributed by atoms with Crippen molar-refractivity contribution in [2.45, 2.75) is 49.2 Å². The zero-order valence-corrected chi connectivity index (χ0v) is 12.7. The fourth-order valence-corrected chi connectivity index (χ4v) is 3.88. The molecule has 0 spiro atoms. The van der Waals surface area contributed by atoms with Gasteiger partial charge in [0.25, 0.3) is 0 Å². The van der Waals surface area contributed by atoms with Gasteiger partial charge < -0.3 is 9.84 Å². The van der Waals surface area contributed by atoms with Crippen LogP contribution in [0.4, 0.5) is 0 Å². The largest absolute Gasteiger partial charge is 0.508 e. The quantitative estimate of drug-likeness (QED) is 0.658. The molecule has 2 rings (SSSR count). The zero-order valence-electron chi connectivity index (χ0n) is 11.9. The summed E-state index contributed by atoms with van der Waals surface area (Å²) in [5.74, 6) is 0.554. The standard InChI is InChI=1S/C16H22O3S/c1-2-19-16(18)15(12-6-4-3-5-7-12)20-14-10-8-13(17)9-11-14/h8-12,15,17H,2-7H2,1H3/t15-/m1/s1. The molecule has 0 amide bonds. The average Bonchev–Trinajstić information content (AvgIpc) is 2.48. The van der Waals surface area contributed by atoms with E-state index < -0.39 is 0 Å². The Balaban J connectivity index is 2.08. The van der Waals surface area contributed by atoms with E-state index in [9.17, 15) is 9.90 Å². The second-order valence-electron chi connectivity index (χ2n) is 5.18. The summed E-state index contributed by atoms with van der Waals surface area (Å²) in [6.45, 7) is 2.28. The molecule has 1 aliphatic rings. The molecule has 4 heteroatoms. The lowest BCUT2D eigenvalue weighted by atomic mass is 9.87. The predicted molar refractivity (Wildman–Crippen MR) is 81.0 cm³/mol. The van der Waals surface area contributed by atoms with Gasteiger partial charge in [-0.15, -0.1) is 11.8 Å². The van der Waals surface area contributed by atoms with Crippen molar-refractivity contribution in [1.29, 1.82) is 0 Å². The summed E-state index contributed by atoms with van der Waals surface area (Å²) in [4.78, 5) is 13.2. The van der Waals surface area contributed by atoms with Gasteiger partial charge in [-0.25, -0.2) is 0 Å². The first-order chi connectivity index (χ1) is 9.70. The molecule has 0 aliphatic heterocycles. The zero-order chi connectivity index (χ0) is 14.4. The van der Waals surface area contributed by atoms with Crippen molar-refractivity contribution in [2.75, 3.05) is 6.61 Å². The van der Waals surface area contributed by atoms with Crippen LogP contribution < -0.4 is 0 Å². The first-order valence-corrected chi connectivity index (χ1v) is 8.21. The van der Waals surface area contributed by atoms with Crippen molar-refractivity contribution in [3.63, 3.8) is 0 Å². The fraction of sp³-hybridized carbons (Fsp3) is 0.562. The van der Waals surface area contributed by atoms with E-state index >= 15 is 0 Å². The normalized spacial score (nSPS) is 17.6. The highest BCUT2D eigenvalue weighted by Crippen LogP contribution is 2.37. The van der Waals surface area contributed by atoms with Crippen LogP contribution in [0, 0.1) is 5.92 Å². The maximum Gasteiger partial charge on any atom is 0.319 e. The number of hydrogen-bond acceptors (Lipinski definition) is 4. The van der Waals surface area contributed by atoms with Crippen molar-refractivity contribution in [1.82, 2.24) is 0 Å². The van der Waals surface area contributed by atoms with Gasteiger partial charge in [0.05, 0.1) is 6.61 Å². The van der Waals surface area contributed by atoms with Crippen molar-refractivity contribution in [3.05, 3.63) is 24.3 Å². The second kappa shape index (κ2) is 7.58. The van der Waals surface area contributed by atoms with Crippen LogP contribution in [-0.4, -0.2) is 22.9 Å². The average molecular weight is 294 g/mol. The van der Waals surface area contributed by atoms with Crippen LogP contribution in [0.25, 0.3) is 0 Å². The fourth-order valence-electron chi connectivity index (χ4n) is 2.67. The van der Waals surface area contributed by atoms with Crippen LogP contribution in [0.15, 0.2) is 29.2 Å². The molecule has 1 aromatic carbocycles. The summed E-state index contributed by atoms with van der Waals surface area (Å²) in [6.07, 6.45) is 5.90. The van der Waals surface area contributed by atoms with Crippen LogP contribution in [0.3, 0.4) is 0 Å². The van der Waals surface area contributed by atoms with E-state index in [1.54, 1.807) is 23.9 Å². The van der Waals surface area contributed by atoms with E-state index in [1.807, 2.05) is 19.1 Å². The van der Waals surface area contributed by atoms with Gasteiger partial charge in [0.1, 0.15) is 11.0 Å². The first kappa shape index (κ1) is 15.2. The Morgan fingerprint density at radius 3 is 2.55 bits per heavy atom. The van der Waals surface area contributed by atoms with Gasteiger partial charge in [-0.2, -0.15) is 0 Å². The number of phenolic OH excluding ortho intramolecular Hbond substituents is 1. The Morgan fingerprint density at radius 2 is 1.95 bits per heavy atom.